The summed E-state index contributed by atoms with van der Waals surface area (Å²) in [4.78, 5) is 2.51. The number of hydrogen-bond donors (Lipinski definition) is 2. The molecule has 1 fully saturated rings. The molecule has 1 aliphatic rings. The van der Waals surface area contributed by atoms with E-state index in [-0.39, 0.29) is 6.04 Å². The van der Waals surface area contributed by atoms with Gasteiger partial charge in [0.1, 0.15) is 0 Å². The van der Waals surface area contributed by atoms with Gasteiger partial charge in [-0.2, -0.15) is 0 Å². The zero-order chi connectivity index (χ0) is 15.3. The number of piperazine rings is 1. The molecule has 3 nitrogen and oxygen atoms in total. The maximum absolute atomic E-state index is 10.8. The maximum atomic E-state index is 10.8. The van der Waals surface area contributed by atoms with Gasteiger partial charge in [-0.3, -0.25) is 4.90 Å². The maximum Gasteiger partial charge on any atom is 0.0660 e. The molecule has 0 bridgehead atoms. The van der Waals surface area contributed by atoms with E-state index in [2.05, 4.69) is 64.3 Å². The van der Waals surface area contributed by atoms with E-state index in [0.717, 1.165) is 49.9 Å². The number of rotatable bonds is 6. The highest BCUT2D eigenvalue weighted by Crippen LogP contribution is 2.34. The van der Waals surface area contributed by atoms with E-state index in [9.17, 15) is 5.11 Å². The fourth-order valence-electron chi connectivity index (χ4n) is 3.06. The quantitative estimate of drug-likeness (QED) is 0.822. The standard InChI is InChI=1S/C17H27BrN2O/c1-3-17(21,4-2)13-16(20-10-8-19-9-11-20)14-6-5-7-15(18)12-14/h5-7,12,16,19,21H,3-4,8-11,13H2,1-2H3. The van der Waals surface area contributed by atoms with Gasteiger partial charge in [0.05, 0.1) is 5.60 Å². The van der Waals surface area contributed by atoms with Crippen LogP contribution in [0.1, 0.15) is 44.7 Å². The lowest BCUT2D eigenvalue weighted by molar-refractivity contribution is -0.00767. The monoisotopic (exact) mass is 354 g/mol. The van der Waals surface area contributed by atoms with Gasteiger partial charge < -0.3 is 10.4 Å². The summed E-state index contributed by atoms with van der Waals surface area (Å²) in [6.45, 7) is 8.31. The fourth-order valence-corrected chi connectivity index (χ4v) is 3.48. The predicted molar refractivity (Wildman–Crippen MR) is 91.5 cm³/mol. The second kappa shape index (κ2) is 7.73. The van der Waals surface area contributed by atoms with Gasteiger partial charge in [-0.25, -0.2) is 0 Å². The number of benzene rings is 1. The van der Waals surface area contributed by atoms with Gasteiger partial charge in [0, 0.05) is 36.7 Å². The van der Waals surface area contributed by atoms with Gasteiger partial charge in [-0.1, -0.05) is 41.9 Å². The molecular weight excluding hydrogens is 328 g/mol. The molecule has 1 atom stereocenters. The van der Waals surface area contributed by atoms with Crippen molar-refractivity contribution in [2.45, 2.75) is 44.8 Å². The molecule has 0 saturated carbocycles. The first-order valence-electron chi connectivity index (χ1n) is 8.00. The summed E-state index contributed by atoms with van der Waals surface area (Å²) in [5.74, 6) is 0. The van der Waals surface area contributed by atoms with Gasteiger partial charge in [-0.15, -0.1) is 0 Å². The van der Waals surface area contributed by atoms with Crippen LogP contribution in [0.3, 0.4) is 0 Å². The smallest absolute Gasteiger partial charge is 0.0660 e. The van der Waals surface area contributed by atoms with E-state index < -0.39 is 5.60 Å². The normalized spacial score (nSPS) is 18.7. The van der Waals surface area contributed by atoms with Crippen molar-refractivity contribution in [1.82, 2.24) is 10.2 Å². The van der Waals surface area contributed by atoms with Crippen molar-refractivity contribution >= 4 is 15.9 Å². The van der Waals surface area contributed by atoms with Crippen molar-refractivity contribution in [2.24, 2.45) is 0 Å². The van der Waals surface area contributed by atoms with Crippen LogP contribution in [-0.2, 0) is 0 Å². The molecule has 2 rings (SSSR count). The highest BCUT2D eigenvalue weighted by atomic mass is 79.9. The molecule has 1 saturated heterocycles. The van der Waals surface area contributed by atoms with Crippen molar-refractivity contribution in [3.8, 4) is 0 Å². The predicted octanol–water partition coefficient (Wildman–Crippen LogP) is 3.34. The topological polar surface area (TPSA) is 35.5 Å². The van der Waals surface area contributed by atoms with Gasteiger partial charge >= 0.3 is 0 Å². The highest BCUT2D eigenvalue weighted by molar-refractivity contribution is 9.10. The van der Waals surface area contributed by atoms with E-state index in [1.165, 1.54) is 5.56 Å². The van der Waals surface area contributed by atoms with Crippen LogP contribution in [0.4, 0.5) is 0 Å². The minimum absolute atomic E-state index is 0.287. The lowest BCUT2D eigenvalue weighted by Gasteiger charge is -2.39. The number of nitrogens with one attached hydrogen (secondary N) is 1. The molecule has 0 aliphatic carbocycles. The summed E-state index contributed by atoms with van der Waals surface area (Å²) in [5.41, 5.74) is 0.726. The van der Waals surface area contributed by atoms with Crippen LogP contribution >= 0.6 is 15.9 Å². The highest BCUT2D eigenvalue weighted by Gasteiger charge is 2.31. The van der Waals surface area contributed by atoms with Gasteiger partial charge in [0.15, 0.2) is 0 Å². The molecule has 2 N–H and O–H groups in total. The third-order valence-electron chi connectivity index (χ3n) is 4.72. The number of aliphatic hydroxyl groups is 1. The Labute approximate surface area is 136 Å². The minimum atomic E-state index is -0.572. The van der Waals surface area contributed by atoms with E-state index in [0.29, 0.717) is 0 Å². The van der Waals surface area contributed by atoms with E-state index >= 15 is 0 Å². The van der Waals surface area contributed by atoms with Crippen molar-refractivity contribution in [3.05, 3.63) is 34.3 Å². The average Bonchev–Trinajstić information content (AvgIpc) is 2.53. The molecular formula is C17H27BrN2O. The molecule has 1 unspecified atom stereocenters. The van der Waals surface area contributed by atoms with Crippen LogP contribution in [0.25, 0.3) is 0 Å². The van der Waals surface area contributed by atoms with E-state index in [4.69, 9.17) is 0 Å². The molecule has 0 amide bonds. The lowest BCUT2D eigenvalue weighted by atomic mass is 9.86. The Bertz CT molecular complexity index is 442. The van der Waals surface area contributed by atoms with Gasteiger partial charge in [0.2, 0.25) is 0 Å². The first kappa shape index (κ1) is 16.9. The zero-order valence-corrected chi connectivity index (χ0v) is 14.7. The van der Waals surface area contributed by atoms with Crippen LogP contribution < -0.4 is 5.32 Å². The average molecular weight is 355 g/mol. The summed E-state index contributed by atoms with van der Waals surface area (Å²) >= 11 is 3.57. The summed E-state index contributed by atoms with van der Waals surface area (Å²) in [6.07, 6.45) is 2.41. The van der Waals surface area contributed by atoms with E-state index in [1.807, 2.05) is 0 Å². The molecule has 118 valence electrons. The Morgan fingerprint density at radius 1 is 1.29 bits per heavy atom. The molecule has 1 aromatic rings. The van der Waals surface area contributed by atoms with Crippen molar-refractivity contribution in [2.75, 3.05) is 26.2 Å². The molecule has 1 aliphatic heterocycles. The molecule has 21 heavy (non-hydrogen) atoms. The van der Waals surface area contributed by atoms with Crippen molar-refractivity contribution in [3.63, 3.8) is 0 Å². The first-order valence-corrected chi connectivity index (χ1v) is 8.80. The minimum Gasteiger partial charge on any atom is -0.390 e. The van der Waals surface area contributed by atoms with Gasteiger partial charge in [-0.05, 0) is 37.0 Å². The van der Waals surface area contributed by atoms with Crippen molar-refractivity contribution < 1.29 is 5.11 Å². The number of nitrogens with zero attached hydrogens (tertiary/aromatic N) is 1. The Morgan fingerprint density at radius 3 is 2.52 bits per heavy atom. The summed E-state index contributed by atoms with van der Waals surface area (Å²) < 4.78 is 1.11. The van der Waals surface area contributed by atoms with Crippen molar-refractivity contribution in [1.29, 1.82) is 0 Å². The fraction of sp³-hybridized carbons (Fsp3) is 0.647. The Kier molecular flexibility index (Phi) is 6.23. The SMILES string of the molecule is CCC(O)(CC)CC(c1cccc(Br)c1)N1CCNCC1. The van der Waals surface area contributed by atoms with Crippen LogP contribution in [0, 0.1) is 0 Å². The number of halogens is 1. The number of hydrogen-bond acceptors (Lipinski definition) is 3. The molecule has 4 heteroatoms. The zero-order valence-electron chi connectivity index (χ0n) is 13.1. The molecule has 0 radical (unpaired) electrons. The molecule has 1 aromatic carbocycles. The molecule has 0 spiro atoms. The van der Waals surface area contributed by atoms with Crippen LogP contribution in [0.2, 0.25) is 0 Å². The largest absolute Gasteiger partial charge is 0.390 e. The van der Waals surface area contributed by atoms with Crippen LogP contribution in [0.5, 0.6) is 0 Å². The first-order chi connectivity index (χ1) is 10.1. The Balaban J connectivity index is 2.25. The lowest BCUT2D eigenvalue weighted by Crippen LogP contribution is -2.47. The summed E-state index contributed by atoms with van der Waals surface area (Å²) in [7, 11) is 0. The Hall–Kier alpha value is -0.420. The van der Waals surface area contributed by atoms with E-state index in [1.54, 1.807) is 0 Å². The third-order valence-corrected chi connectivity index (χ3v) is 5.21. The summed E-state index contributed by atoms with van der Waals surface area (Å²) in [6, 6.07) is 8.81. The van der Waals surface area contributed by atoms with Crippen LogP contribution in [0.15, 0.2) is 28.7 Å². The second-order valence-electron chi connectivity index (χ2n) is 5.99. The van der Waals surface area contributed by atoms with Crippen LogP contribution in [-0.4, -0.2) is 41.8 Å². The summed E-state index contributed by atoms with van der Waals surface area (Å²) in [5, 5.41) is 14.2. The Morgan fingerprint density at radius 2 is 1.95 bits per heavy atom. The van der Waals surface area contributed by atoms with Gasteiger partial charge in [0.25, 0.3) is 0 Å². The molecule has 1 heterocycles. The third kappa shape index (κ3) is 4.52. The molecule has 0 aromatic heterocycles. The second-order valence-corrected chi connectivity index (χ2v) is 6.91.